The topological polar surface area (TPSA) is 58.6 Å². The highest BCUT2D eigenvalue weighted by molar-refractivity contribution is 6.44. The molecule has 120 valence electrons. The van der Waals surface area contributed by atoms with Crippen LogP contribution in [-0.4, -0.2) is 38.6 Å². The predicted octanol–water partition coefficient (Wildman–Crippen LogP) is 2.50. The van der Waals surface area contributed by atoms with Crippen molar-refractivity contribution >= 4 is 40.7 Å². The molecule has 1 saturated heterocycles. The molecule has 2 amide bonds. The molecule has 1 aliphatic heterocycles. The molecule has 5 nitrogen and oxygen atoms in total. The molecule has 1 aliphatic rings. The zero-order valence-electron chi connectivity index (χ0n) is 12.3. The Bertz CT molecular complexity index is 566. The molecule has 0 saturated carbocycles. The van der Waals surface area contributed by atoms with Crippen LogP contribution in [0.4, 0.5) is 5.69 Å². The van der Waals surface area contributed by atoms with Crippen LogP contribution >= 0.6 is 23.2 Å². The number of ether oxygens (including phenoxy) is 1. The molecule has 1 heterocycles. The first-order chi connectivity index (χ1) is 10.5. The SMILES string of the molecule is COCCCNC(=O)C1CC(=O)N(c2cccc(Cl)c2Cl)C1. The lowest BCUT2D eigenvalue weighted by atomic mass is 10.1. The minimum atomic E-state index is -0.370. The summed E-state index contributed by atoms with van der Waals surface area (Å²) in [6.07, 6.45) is 0.922. The number of rotatable bonds is 6. The molecule has 0 radical (unpaired) electrons. The molecule has 1 aromatic carbocycles. The maximum atomic E-state index is 12.2. The van der Waals surface area contributed by atoms with Crippen molar-refractivity contribution in [3.8, 4) is 0 Å². The van der Waals surface area contributed by atoms with Crippen LogP contribution in [-0.2, 0) is 14.3 Å². The molecule has 1 atom stereocenters. The van der Waals surface area contributed by atoms with Crippen molar-refractivity contribution in [2.75, 3.05) is 31.7 Å². The molecule has 1 aromatic rings. The average molecular weight is 345 g/mol. The van der Waals surface area contributed by atoms with E-state index in [0.29, 0.717) is 35.4 Å². The zero-order valence-corrected chi connectivity index (χ0v) is 13.8. The van der Waals surface area contributed by atoms with Crippen molar-refractivity contribution in [1.82, 2.24) is 5.32 Å². The minimum Gasteiger partial charge on any atom is -0.385 e. The van der Waals surface area contributed by atoms with E-state index in [9.17, 15) is 9.59 Å². The van der Waals surface area contributed by atoms with Gasteiger partial charge in [-0.15, -0.1) is 0 Å². The van der Waals surface area contributed by atoms with Gasteiger partial charge in [0.05, 0.1) is 21.7 Å². The third kappa shape index (κ3) is 3.91. The number of hydrogen-bond donors (Lipinski definition) is 1. The largest absolute Gasteiger partial charge is 0.385 e. The molecule has 7 heteroatoms. The van der Waals surface area contributed by atoms with Gasteiger partial charge in [-0.25, -0.2) is 0 Å². The van der Waals surface area contributed by atoms with E-state index in [2.05, 4.69) is 5.32 Å². The summed E-state index contributed by atoms with van der Waals surface area (Å²) in [4.78, 5) is 25.8. The lowest BCUT2D eigenvalue weighted by molar-refractivity contribution is -0.126. The summed E-state index contributed by atoms with van der Waals surface area (Å²) >= 11 is 12.1. The van der Waals surface area contributed by atoms with Gasteiger partial charge in [-0.1, -0.05) is 29.3 Å². The van der Waals surface area contributed by atoms with E-state index in [1.807, 2.05) is 0 Å². The molecule has 1 unspecified atom stereocenters. The molecule has 1 N–H and O–H groups in total. The van der Waals surface area contributed by atoms with Crippen LogP contribution in [0.25, 0.3) is 0 Å². The third-order valence-corrected chi connectivity index (χ3v) is 4.35. The summed E-state index contributed by atoms with van der Waals surface area (Å²) in [5.74, 6) is -0.614. The Hall–Kier alpha value is -1.30. The van der Waals surface area contributed by atoms with Crippen LogP contribution in [0.2, 0.25) is 10.0 Å². The number of carbonyl (C=O) groups is 2. The molecule has 0 spiro atoms. The Labute approximate surface area is 139 Å². The Morgan fingerprint density at radius 2 is 2.23 bits per heavy atom. The Kier molecular flexibility index (Phi) is 6.06. The van der Waals surface area contributed by atoms with E-state index in [1.54, 1.807) is 25.3 Å². The first kappa shape index (κ1) is 17.1. The number of methoxy groups -OCH3 is 1. The van der Waals surface area contributed by atoms with Crippen LogP contribution in [0.5, 0.6) is 0 Å². The fraction of sp³-hybridized carbons (Fsp3) is 0.467. The lowest BCUT2D eigenvalue weighted by Gasteiger charge is -2.18. The predicted molar refractivity (Wildman–Crippen MR) is 86.4 cm³/mol. The van der Waals surface area contributed by atoms with Crippen molar-refractivity contribution < 1.29 is 14.3 Å². The summed E-state index contributed by atoms with van der Waals surface area (Å²) in [5, 5.41) is 3.54. The number of anilines is 1. The summed E-state index contributed by atoms with van der Waals surface area (Å²) in [6.45, 7) is 1.44. The van der Waals surface area contributed by atoms with Crippen LogP contribution in [0, 0.1) is 5.92 Å². The first-order valence-corrected chi connectivity index (χ1v) is 7.81. The van der Waals surface area contributed by atoms with Gasteiger partial charge >= 0.3 is 0 Å². The summed E-state index contributed by atoms with van der Waals surface area (Å²) in [7, 11) is 1.62. The van der Waals surface area contributed by atoms with Crippen LogP contribution in [0.15, 0.2) is 18.2 Å². The molecule has 0 aliphatic carbocycles. The van der Waals surface area contributed by atoms with Gasteiger partial charge in [-0.3, -0.25) is 9.59 Å². The van der Waals surface area contributed by atoms with E-state index < -0.39 is 0 Å². The average Bonchev–Trinajstić information content (AvgIpc) is 2.88. The highest BCUT2D eigenvalue weighted by Gasteiger charge is 2.35. The normalized spacial score (nSPS) is 17.9. The Morgan fingerprint density at radius 1 is 1.45 bits per heavy atom. The lowest BCUT2D eigenvalue weighted by Crippen LogP contribution is -2.33. The van der Waals surface area contributed by atoms with Crippen molar-refractivity contribution in [1.29, 1.82) is 0 Å². The van der Waals surface area contributed by atoms with Gasteiger partial charge in [-0.2, -0.15) is 0 Å². The first-order valence-electron chi connectivity index (χ1n) is 7.05. The fourth-order valence-corrected chi connectivity index (χ4v) is 2.79. The smallest absolute Gasteiger partial charge is 0.227 e. The fourth-order valence-electron chi connectivity index (χ4n) is 2.39. The van der Waals surface area contributed by atoms with E-state index >= 15 is 0 Å². The van der Waals surface area contributed by atoms with Gasteiger partial charge in [0.15, 0.2) is 0 Å². The van der Waals surface area contributed by atoms with Gasteiger partial charge in [0, 0.05) is 33.2 Å². The third-order valence-electron chi connectivity index (χ3n) is 3.54. The Morgan fingerprint density at radius 3 is 2.95 bits per heavy atom. The van der Waals surface area contributed by atoms with Gasteiger partial charge in [0.2, 0.25) is 11.8 Å². The molecule has 22 heavy (non-hydrogen) atoms. The standard InChI is InChI=1S/C15H18Cl2N2O3/c1-22-7-3-6-18-15(21)10-8-13(20)19(9-10)12-5-2-4-11(16)14(12)17/h2,4-5,10H,3,6-9H2,1H3,(H,18,21). The number of halogens is 2. The zero-order chi connectivity index (χ0) is 16.1. The van der Waals surface area contributed by atoms with Crippen LogP contribution in [0.1, 0.15) is 12.8 Å². The molecule has 0 aromatic heterocycles. The van der Waals surface area contributed by atoms with Crippen molar-refractivity contribution in [3.63, 3.8) is 0 Å². The second-order valence-corrected chi connectivity index (χ2v) is 5.90. The second-order valence-electron chi connectivity index (χ2n) is 5.12. The number of nitrogens with zero attached hydrogens (tertiary/aromatic N) is 1. The van der Waals surface area contributed by atoms with E-state index in [-0.39, 0.29) is 24.2 Å². The quantitative estimate of drug-likeness (QED) is 0.806. The Balaban J connectivity index is 1.98. The molecular weight excluding hydrogens is 327 g/mol. The highest BCUT2D eigenvalue weighted by Crippen LogP contribution is 2.35. The van der Waals surface area contributed by atoms with Crippen molar-refractivity contribution in [2.24, 2.45) is 5.92 Å². The van der Waals surface area contributed by atoms with Gasteiger partial charge in [0.1, 0.15) is 0 Å². The number of amides is 2. The van der Waals surface area contributed by atoms with E-state index in [1.165, 1.54) is 4.90 Å². The van der Waals surface area contributed by atoms with E-state index in [4.69, 9.17) is 27.9 Å². The maximum Gasteiger partial charge on any atom is 0.227 e. The highest BCUT2D eigenvalue weighted by atomic mass is 35.5. The molecule has 0 bridgehead atoms. The van der Waals surface area contributed by atoms with Crippen molar-refractivity contribution in [3.05, 3.63) is 28.2 Å². The monoisotopic (exact) mass is 344 g/mol. The number of carbonyl (C=O) groups excluding carboxylic acids is 2. The number of nitrogens with one attached hydrogen (secondary N) is 1. The van der Waals surface area contributed by atoms with Crippen LogP contribution in [0.3, 0.4) is 0 Å². The molecule has 1 fully saturated rings. The summed E-state index contributed by atoms with van der Waals surface area (Å²) in [6, 6.07) is 5.12. The summed E-state index contributed by atoms with van der Waals surface area (Å²) < 4.78 is 4.92. The van der Waals surface area contributed by atoms with Gasteiger partial charge < -0.3 is 15.0 Å². The maximum absolute atomic E-state index is 12.2. The molecular formula is C15H18Cl2N2O3. The number of hydrogen-bond acceptors (Lipinski definition) is 3. The van der Waals surface area contributed by atoms with Gasteiger partial charge in [-0.05, 0) is 18.6 Å². The molecule has 2 rings (SSSR count). The van der Waals surface area contributed by atoms with E-state index in [0.717, 1.165) is 6.42 Å². The second kappa shape index (κ2) is 7.81. The minimum absolute atomic E-state index is 0.120. The van der Waals surface area contributed by atoms with Gasteiger partial charge in [0.25, 0.3) is 0 Å². The summed E-state index contributed by atoms with van der Waals surface area (Å²) in [5.41, 5.74) is 0.550. The van der Waals surface area contributed by atoms with Crippen LogP contribution < -0.4 is 10.2 Å². The number of benzene rings is 1. The van der Waals surface area contributed by atoms with Crippen molar-refractivity contribution in [2.45, 2.75) is 12.8 Å².